The largest absolute Gasteiger partial charge is 0.392 e. The first-order valence-corrected chi connectivity index (χ1v) is 6.45. The van der Waals surface area contributed by atoms with Gasteiger partial charge in [-0.05, 0) is 29.7 Å². The molecular weight excluding hydrogens is 250 g/mol. The molecule has 1 N–H and O–H groups in total. The summed E-state index contributed by atoms with van der Waals surface area (Å²) in [5.74, 6) is 0.782. The molecule has 0 amide bonds. The van der Waals surface area contributed by atoms with Crippen LogP contribution < -0.4 is 0 Å². The lowest BCUT2D eigenvalue weighted by atomic mass is 10.1. The van der Waals surface area contributed by atoms with Crippen LogP contribution in [0.25, 0.3) is 16.9 Å². The van der Waals surface area contributed by atoms with Crippen LogP contribution in [0.3, 0.4) is 0 Å². The van der Waals surface area contributed by atoms with E-state index in [9.17, 15) is 0 Å². The van der Waals surface area contributed by atoms with E-state index in [0.29, 0.717) is 0 Å². The van der Waals surface area contributed by atoms with Crippen molar-refractivity contribution in [2.45, 2.75) is 13.5 Å². The van der Waals surface area contributed by atoms with Crippen molar-refractivity contribution in [1.82, 2.24) is 14.8 Å². The second kappa shape index (κ2) is 5.27. The highest BCUT2D eigenvalue weighted by molar-refractivity contribution is 5.61. The number of rotatable bonds is 3. The molecule has 1 aromatic carbocycles. The molecule has 0 aliphatic rings. The summed E-state index contributed by atoms with van der Waals surface area (Å²) in [5, 5.41) is 13.5. The van der Waals surface area contributed by atoms with Gasteiger partial charge >= 0.3 is 0 Å². The number of hydrogen-bond donors (Lipinski definition) is 1. The second-order valence-corrected chi connectivity index (χ2v) is 4.68. The third-order valence-electron chi connectivity index (χ3n) is 3.20. The van der Waals surface area contributed by atoms with E-state index in [4.69, 9.17) is 5.11 Å². The minimum absolute atomic E-state index is 0.00247. The Morgan fingerprint density at radius 1 is 1.10 bits per heavy atom. The van der Waals surface area contributed by atoms with Gasteiger partial charge in [0.05, 0.1) is 12.8 Å². The van der Waals surface area contributed by atoms with E-state index in [2.05, 4.69) is 22.2 Å². The van der Waals surface area contributed by atoms with Gasteiger partial charge in [-0.25, -0.2) is 9.67 Å². The van der Waals surface area contributed by atoms with E-state index in [1.165, 1.54) is 0 Å². The molecule has 4 heteroatoms. The fraction of sp³-hybridized carbons (Fsp3) is 0.125. The number of aliphatic hydroxyl groups excluding tert-OH is 1. The minimum atomic E-state index is 0.00247. The summed E-state index contributed by atoms with van der Waals surface area (Å²) >= 11 is 0. The minimum Gasteiger partial charge on any atom is -0.392 e. The topological polar surface area (TPSA) is 50.9 Å². The average molecular weight is 265 g/mol. The summed E-state index contributed by atoms with van der Waals surface area (Å²) < 4.78 is 1.76. The van der Waals surface area contributed by atoms with Gasteiger partial charge in [-0.1, -0.05) is 30.3 Å². The van der Waals surface area contributed by atoms with E-state index in [-0.39, 0.29) is 6.61 Å². The first-order chi connectivity index (χ1) is 9.78. The van der Waals surface area contributed by atoms with Gasteiger partial charge in [-0.3, -0.25) is 0 Å². The van der Waals surface area contributed by atoms with Crippen molar-refractivity contribution < 1.29 is 5.11 Å². The monoisotopic (exact) mass is 265 g/mol. The Morgan fingerprint density at radius 3 is 2.60 bits per heavy atom. The highest BCUT2D eigenvalue weighted by atomic mass is 16.3. The van der Waals surface area contributed by atoms with Gasteiger partial charge < -0.3 is 5.11 Å². The smallest absolute Gasteiger partial charge is 0.156 e. The Kier molecular flexibility index (Phi) is 3.31. The lowest BCUT2D eigenvalue weighted by molar-refractivity contribution is 0.281. The third kappa shape index (κ3) is 2.33. The van der Waals surface area contributed by atoms with Crippen molar-refractivity contribution in [3.8, 4) is 16.9 Å². The van der Waals surface area contributed by atoms with Crippen LogP contribution in [0.15, 0.2) is 55.0 Å². The lowest BCUT2D eigenvalue weighted by Crippen LogP contribution is -2.02. The molecule has 3 aromatic rings. The van der Waals surface area contributed by atoms with E-state index in [1.807, 2.05) is 43.6 Å². The molecule has 0 bridgehead atoms. The van der Waals surface area contributed by atoms with Crippen LogP contribution in [0.5, 0.6) is 0 Å². The highest BCUT2D eigenvalue weighted by Gasteiger charge is 2.07. The van der Waals surface area contributed by atoms with Crippen molar-refractivity contribution in [2.24, 2.45) is 0 Å². The number of aliphatic hydroxyl groups is 1. The molecule has 0 radical (unpaired) electrons. The number of aromatic nitrogens is 3. The molecule has 0 spiro atoms. The molecule has 0 aliphatic heterocycles. The Labute approximate surface area is 117 Å². The number of aryl methyl sites for hydroxylation is 1. The summed E-state index contributed by atoms with van der Waals surface area (Å²) in [7, 11) is 0. The average Bonchev–Trinajstić information content (AvgIpc) is 2.97. The van der Waals surface area contributed by atoms with Crippen LogP contribution in [0.2, 0.25) is 0 Å². The van der Waals surface area contributed by atoms with Gasteiger partial charge in [0, 0.05) is 18.0 Å². The summed E-state index contributed by atoms with van der Waals surface area (Å²) in [6.45, 7) is 1.97. The highest BCUT2D eigenvalue weighted by Crippen LogP contribution is 2.20. The maximum absolute atomic E-state index is 9.11. The van der Waals surface area contributed by atoms with E-state index in [1.54, 1.807) is 10.9 Å². The predicted octanol–water partition coefficient (Wildman–Crippen LogP) is 2.74. The van der Waals surface area contributed by atoms with Crippen molar-refractivity contribution in [3.05, 3.63) is 66.1 Å². The molecule has 3 rings (SSSR count). The summed E-state index contributed by atoms with van der Waals surface area (Å²) in [6.07, 6.45) is 5.46. The lowest BCUT2D eigenvalue weighted by Gasteiger charge is -2.05. The number of hydrogen-bond acceptors (Lipinski definition) is 3. The molecule has 4 nitrogen and oxygen atoms in total. The SMILES string of the molecule is Cc1cc(CO)cnc1-n1cc(-c2ccccc2)cn1. The second-order valence-electron chi connectivity index (χ2n) is 4.68. The maximum Gasteiger partial charge on any atom is 0.156 e. The van der Waals surface area contributed by atoms with E-state index in [0.717, 1.165) is 28.1 Å². The molecular formula is C16H15N3O. The molecule has 2 heterocycles. The van der Waals surface area contributed by atoms with Crippen LogP contribution in [-0.4, -0.2) is 19.9 Å². The summed E-state index contributed by atoms with van der Waals surface area (Å²) in [4.78, 5) is 4.37. The Hall–Kier alpha value is -2.46. The molecule has 2 aromatic heterocycles. The van der Waals surface area contributed by atoms with Gasteiger partial charge in [0.15, 0.2) is 5.82 Å². The molecule has 100 valence electrons. The number of pyridine rings is 1. The molecule has 0 saturated heterocycles. The maximum atomic E-state index is 9.11. The summed E-state index contributed by atoms with van der Waals surface area (Å²) in [6, 6.07) is 12.0. The van der Waals surface area contributed by atoms with Crippen LogP contribution in [-0.2, 0) is 6.61 Å². The van der Waals surface area contributed by atoms with Crippen molar-refractivity contribution >= 4 is 0 Å². The first-order valence-electron chi connectivity index (χ1n) is 6.45. The standard InChI is InChI=1S/C16H15N3O/c1-12-7-13(11-20)8-17-16(12)19-10-15(9-18-19)14-5-3-2-4-6-14/h2-10,20H,11H2,1H3. The predicted molar refractivity (Wildman–Crippen MR) is 77.5 cm³/mol. The molecule has 0 atom stereocenters. The first kappa shape index (κ1) is 12.6. The number of benzene rings is 1. The van der Waals surface area contributed by atoms with Crippen LogP contribution >= 0.6 is 0 Å². The van der Waals surface area contributed by atoms with E-state index < -0.39 is 0 Å². The molecule has 20 heavy (non-hydrogen) atoms. The Balaban J connectivity index is 1.98. The number of nitrogens with zero attached hydrogens (tertiary/aromatic N) is 3. The van der Waals surface area contributed by atoms with Gasteiger partial charge in [-0.15, -0.1) is 0 Å². The van der Waals surface area contributed by atoms with Gasteiger partial charge in [-0.2, -0.15) is 5.10 Å². The molecule has 0 fully saturated rings. The zero-order valence-electron chi connectivity index (χ0n) is 11.2. The molecule has 0 saturated carbocycles. The molecule has 0 aliphatic carbocycles. The van der Waals surface area contributed by atoms with Crippen molar-refractivity contribution in [2.75, 3.05) is 0 Å². The quantitative estimate of drug-likeness (QED) is 0.792. The van der Waals surface area contributed by atoms with Crippen molar-refractivity contribution in [3.63, 3.8) is 0 Å². The van der Waals surface area contributed by atoms with Crippen LogP contribution in [0.1, 0.15) is 11.1 Å². The fourth-order valence-electron chi connectivity index (χ4n) is 2.17. The van der Waals surface area contributed by atoms with E-state index >= 15 is 0 Å². The summed E-state index contributed by atoms with van der Waals surface area (Å²) in [5.41, 5.74) is 3.97. The Morgan fingerprint density at radius 2 is 1.90 bits per heavy atom. The van der Waals surface area contributed by atoms with Gasteiger partial charge in [0.2, 0.25) is 0 Å². The Bertz CT molecular complexity index is 720. The fourth-order valence-corrected chi connectivity index (χ4v) is 2.17. The molecule has 0 unspecified atom stereocenters. The van der Waals surface area contributed by atoms with Crippen LogP contribution in [0.4, 0.5) is 0 Å². The normalized spacial score (nSPS) is 10.7. The van der Waals surface area contributed by atoms with Gasteiger partial charge in [0.1, 0.15) is 0 Å². The zero-order valence-corrected chi connectivity index (χ0v) is 11.2. The zero-order chi connectivity index (χ0) is 13.9. The van der Waals surface area contributed by atoms with Crippen molar-refractivity contribution in [1.29, 1.82) is 0 Å². The third-order valence-corrected chi connectivity index (χ3v) is 3.20. The van der Waals surface area contributed by atoms with Crippen LogP contribution in [0, 0.1) is 6.92 Å². The van der Waals surface area contributed by atoms with Gasteiger partial charge in [0.25, 0.3) is 0 Å².